The Morgan fingerprint density at radius 3 is 2.49 bits per heavy atom. The van der Waals surface area contributed by atoms with E-state index in [1.54, 1.807) is 7.11 Å². The molecule has 45 heavy (non-hydrogen) atoms. The summed E-state index contributed by atoms with van der Waals surface area (Å²) in [4.78, 5) is 9.91. The average molecular weight is 685 g/mol. The van der Waals surface area contributed by atoms with Gasteiger partial charge in [-0.2, -0.15) is 12.6 Å². The molecular weight excluding hydrogens is 642 g/mol. The smallest absolute Gasteiger partial charge is 0.217 e. The number of halogens is 1. The Balaban J connectivity index is 1.42. The van der Waals surface area contributed by atoms with E-state index < -0.39 is 11.5 Å². The highest BCUT2D eigenvalue weighted by Crippen LogP contribution is 2.48. The lowest BCUT2D eigenvalue weighted by Crippen LogP contribution is -2.52. The van der Waals surface area contributed by atoms with Crippen molar-refractivity contribution in [1.82, 2.24) is 14.8 Å². The van der Waals surface area contributed by atoms with E-state index in [0.717, 1.165) is 87.6 Å². The fourth-order valence-electron chi connectivity index (χ4n) is 6.93. The zero-order chi connectivity index (χ0) is 31.4. The number of pyridine rings is 1. The number of thiol groups is 1. The number of rotatable bonds is 11. The van der Waals surface area contributed by atoms with Crippen LogP contribution in [-0.2, 0) is 5.60 Å². The molecule has 234 valence electrons. The highest BCUT2D eigenvalue weighted by Gasteiger charge is 2.42. The van der Waals surface area contributed by atoms with Crippen LogP contribution in [0.5, 0.6) is 5.88 Å². The van der Waals surface area contributed by atoms with Gasteiger partial charge in [0, 0.05) is 52.8 Å². The van der Waals surface area contributed by atoms with Gasteiger partial charge in [-0.3, -0.25) is 0 Å². The van der Waals surface area contributed by atoms with Crippen molar-refractivity contribution in [2.45, 2.75) is 36.8 Å². The minimum Gasteiger partial charge on any atom is -0.481 e. The minimum atomic E-state index is -1.23. The number of piperazine rings is 1. The number of benzene rings is 4. The molecule has 0 amide bonds. The first-order chi connectivity index (χ1) is 21.9. The lowest BCUT2D eigenvalue weighted by Gasteiger charge is -2.40. The summed E-state index contributed by atoms with van der Waals surface area (Å²) in [5, 5.41) is 16.6. The Kier molecular flexibility index (Phi) is 10.1. The highest BCUT2D eigenvalue weighted by atomic mass is 79.9. The fraction of sp³-hybridized carbons (Fsp3) is 0.342. The molecule has 5 aromatic rings. The molecule has 0 saturated carbocycles. The zero-order valence-electron chi connectivity index (χ0n) is 26.1. The van der Waals surface area contributed by atoms with E-state index in [0.29, 0.717) is 18.3 Å². The van der Waals surface area contributed by atoms with Crippen molar-refractivity contribution in [2.75, 3.05) is 46.1 Å². The number of nitrogens with zero attached hydrogens (tertiary/aromatic N) is 3. The van der Waals surface area contributed by atoms with Gasteiger partial charge >= 0.3 is 0 Å². The first kappa shape index (κ1) is 32.0. The van der Waals surface area contributed by atoms with Crippen LogP contribution < -0.4 is 4.74 Å². The van der Waals surface area contributed by atoms with Gasteiger partial charge in [-0.1, -0.05) is 82.7 Å². The molecule has 6 rings (SSSR count). The SMILES string of the molecule is COc1nc2ccc(Br)cc2cc1C(c1ccccc1)C(O)(CCCCN1CCN(C)C(CS)C1)c1ccc2ccccc2c1. The second kappa shape index (κ2) is 14.2. The van der Waals surface area contributed by atoms with Crippen LogP contribution >= 0.6 is 28.6 Å². The van der Waals surface area contributed by atoms with Gasteiger partial charge in [-0.15, -0.1) is 0 Å². The maximum absolute atomic E-state index is 13.3. The van der Waals surface area contributed by atoms with E-state index >= 15 is 0 Å². The molecule has 0 radical (unpaired) electrons. The summed E-state index contributed by atoms with van der Waals surface area (Å²) >= 11 is 8.23. The van der Waals surface area contributed by atoms with Crippen LogP contribution in [0.2, 0.25) is 0 Å². The maximum Gasteiger partial charge on any atom is 0.217 e. The molecule has 1 N–H and O–H groups in total. The molecule has 3 unspecified atom stereocenters. The molecule has 5 nitrogen and oxygen atoms in total. The first-order valence-corrected chi connectivity index (χ1v) is 17.3. The Morgan fingerprint density at radius 1 is 0.933 bits per heavy atom. The van der Waals surface area contributed by atoms with Crippen LogP contribution in [0, 0.1) is 0 Å². The number of hydrogen-bond acceptors (Lipinski definition) is 6. The van der Waals surface area contributed by atoms with Gasteiger partial charge in [0.1, 0.15) is 5.60 Å². The zero-order valence-corrected chi connectivity index (χ0v) is 28.6. The number of likely N-dealkylation sites (N-methyl/N-ethyl adjacent to an activating group) is 1. The second-order valence-electron chi connectivity index (χ2n) is 12.3. The van der Waals surface area contributed by atoms with E-state index in [1.165, 1.54) is 0 Å². The van der Waals surface area contributed by atoms with Crippen molar-refractivity contribution in [3.63, 3.8) is 0 Å². The lowest BCUT2D eigenvalue weighted by molar-refractivity contribution is 0.00611. The summed E-state index contributed by atoms with van der Waals surface area (Å²) < 4.78 is 6.96. The van der Waals surface area contributed by atoms with Gasteiger partial charge in [-0.05, 0) is 85.1 Å². The normalized spacial score (nSPS) is 18.2. The highest BCUT2D eigenvalue weighted by molar-refractivity contribution is 9.10. The number of hydrogen-bond donors (Lipinski definition) is 2. The van der Waals surface area contributed by atoms with Crippen LogP contribution in [0.3, 0.4) is 0 Å². The number of unbranched alkanes of at least 4 members (excludes halogenated alkanes) is 1. The molecule has 1 aliphatic heterocycles. The van der Waals surface area contributed by atoms with E-state index in [-0.39, 0.29) is 0 Å². The first-order valence-electron chi connectivity index (χ1n) is 15.8. The molecule has 3 atom stereocenters. The van der Waals surface area contributed by atoms with E-state index in [4.69, 9.17) is 9.72 Å². The topological polar surface area (TPSA) is 48.8 Å². The summed E-state index contributed by atoms with van der Waals surface area (Å²) in [5.74, 6) is 0.988. The third-order valence-corrected chi connectivity index (χ3v) is 10.4. The van der Waals surface area contributed by atoms with Gasteiger partial charge in [0.15, 0.2) is 0 Å². The van der Waals surface area contributed by atoms with E-state index in [1.807, 2.05) is 30.3 Å². The molecule has 1 saturated heterocycles. The largest absolute Gasteiger partial charge is 0.481 e. The Morgan fingerprint density at radius 2 is 1.71 bits per heavy atom. The van der Waals surface area contributed by atoms with Crippen molar-refractivity contribution in [1.29, 1.82) is 0 Å². The molecule has 7 heteroatoms. The average Bonchev–Trinajstić information content (AvgIpc) is 3.07. The summed E-state index contributed by atoms with van der Waals surface area (Å²) in [5.41, 5.74) is 2.43. The molecule has 0 spiro atoms. The molecule has 2 heterocycles. The van der Waals surface area contributed by atoms with Gasteiger partial charge in [0.25, 0.3) is 0 Å². The van der Waals surface area contributed by atoms with Crippen LogP contribution in [0.15, 0.2) is 102 Å². The van der Waals surface area contributed by atoms with Gasteiger partial charge in [0.2, 0.25) is 5.88 Å². The monoisotopic (exact) mass is 683 g/mol. The van der Waals surface area contributed by atoms with E-state index in [2.05, 4.69) is 112 Å². The number of aromatic nitrogens is 1. The lowest BCUT2D eigenvalue weighted by atomic mass is 9.71. The van der Waals surface area contributed by atoms with Gasteiger partial charge in [0.05, 0.1) is 12.6 Å². The predicted octanol–water partition coefficient (Wildman–Crippen LogP) is 7.89. The van der Waals surface area contributed by atoms with Crippen LogP contribution in [0.25, 0.3) is 21.7 Å². The van der Waals surface area contributed by atoms with Crippen molar-refractivity contribution in [2.24, 2.45) is 0 Å². The summed E-state index contributed by atoms with van der Waals surface area (Å²) in [7, 11) is 3.86. The molecule has 0 bridgehead atoms. The number of fused-ring (bicyclic) bond motifs is 2. The number of ether oxygens (including phenoxy) is 1. The van der Waals surface area contributed by atoms with Crippen molar-refractivity contribution in [3.8, 4) is 5.88 Å². The number of methoxy groups -OCH3 is 1. The van der Waals surface area contributed by atoms with Crippen molar-refractivity contribution in [3.05, 3.63) is 118 Å². The molecule has 1 aliphatic rings. The second-order valence-corrected chi connectivity index (χ2v) is 13.6. The molecule has 1 aromatic heterocycles. The summed E-state index contributed by atoms with van der Waals surface area (Å²) in [6.45, 7) is 4.18. The molecular formula is C38H42BrN3O2S. The Bertz CT molecular complexity index is 1750. The van der Waals surface area contributed by atoms with Crippen molar-refractivity contribution >= 4 is 50.2 Å². The van der Waals surface area contributed by atoms with Crippen LogP contribution in [0.4, 0.5) is 0 Å². The predicted molar refractivity (Wildman–Crippen MR) is 193 cm³/mol. The maximum atomic E-state index is 13.3. The fourth-order valence-corrected chi connectivity index (χ4v) is 7.70. The van der Waals surface area contributed by atoms with Crippen LogP contribution in [0.1, 0.15) is 41.9 Å². The van der Waals surface area contributed by atoms with E-state index in [9.17, 15) is 5.11 Å². The molecule has 4 aromatic carbocycles. The third kappa shape index (κ3) is 6.93. The standard InChI is InChI=1S/C38H42BrN3O2S/c1-41-20-21-42(25-33(41)26-45)19-9-8-18-38(43,31-15-14-27-10-6-7-13-29(27)22-31)36(28-11-4-3-5-12-28)34-24-30-23-32(39)16-17-35(30)40-37(34)44-2/h3-7,10-17,22-24,33,36,43,45H,8-9,18-21,25-26H2,1-2H3. The number of aliphatic hydroxyl groups is 1. The molecule has 1 fully saturated rings. The Hall–Kier alpha value is -2.94. The van der Waals surface area contributed by atoms with Crippen LogP contribution in [-0.4, -0.2) is 72.0 Å². The van der Waals surface area contributed by atoms with Gasteiger partial charge < -0.3 is 19.6 Å². The van der Waals surface area contributed by atoms with Gasteiger partial charge in [-0.25, -0.2) is 4.98 Å². The third-order valence-electron chi connectivity index (χ3n) is 9.49. The summed E-state index contributed by atoms with van der Waals surface area (Å²) in [6, 6.07) is 33.8. The molecule has 0 aliphatic carbocycles. The minimum absolute atomic E-state index is 0.414. The summed E-state index contributed by atoms with van der Waals surface area (Å²) in [6.07, 6.45) is 2.47. The quantitative estimate of drug-likeness (QED) is 0.110. The Labute approximate surface area is 280 Å². The van der Waals surface area contributed by atoms with Crippen molar-refractivity contribution < 1.29 is 9.84 Å².